The van der Waals surface area contributed by atoms with Crippen molar-refractivity contribution in [3.8, 4) is 0 Å². The van der Waals surface area contributed by atoms with Gasteiger partial charge in [-0.3, -0.25) is 14.6 Å². The average Bonchev–Trinajstić information content (AvgIpc) is 3.12. The van der Waals surface area contributed by atoms with E-state index in [0.29, 0.717) is 0 Å². The molecule has 1 unspecified atom stereocenters. The number of ether oxygens (including phenoxy) is 2. The van der Waals surface area contributed by atoms with Crippen LogP contribution < -0.4 is 24.1 Å². The Kier molecular flexibility index (Phi) is 20.0. The van der Waals surface area contributed by atoms with Crippen molar-refractivity contribution in [3.05, 3.63) is 0 Å². The molecule has 43 heteroatoms. The van der Waals surface area contributed by atoms with Gasteiger partial charge in [0.15, 0.2) is 0 Å². The summed E-state index contributed by atoms with van der Waals surface area (Å²) in [7, 11) is 0. The average molecular weight is 1110 g/mol. The van der Waals surface area contributed by atoms with Crippen LogP contribution >= 0.6 is 12.0 Å². The van der Waals surface area contributed by atoms with Crippen LogP contribution in [-0.2, 0) is 28.4 Å². The van der Waals surface area contributed by atoms with Gasteiger partial charge in [0.1, 0.15) is 0 Å². The molecule has 1 atom stereocenters. The number of rotatable bonds is 25. The van der Waals surface area contributed by atoms with Gasteiger partial charge in [0, 0.05) is 17.8 Å². The molecule has 0 spiro atoms. The first-order valence-corrected chi connectivity index (χ1v) is 16.2. The van der Waals surface area contributed by atoms with E-state index >= 15 is 0 Å². The van der Waals surface area contributed by atoms with Crippen LogP contribution in [0.25, 0.3) is 0 Å². The maximum atomic E-state index is 14.1. The Morgan fingerprint density at radius 3 is 0.912 bits per heavy atom. The molecule has 0 heterocycles. The smallest absolute Gasteiger partial charge is 0.691 e. The third-order valence-corrected chi connectivity index (χ3v) is 8.70. The summed E-state index contributed by atoms with van der Waals surface area (Å²) < 4.78 is 466. The van der Waals surface area contributed by atoms with Crippen LogP contribution in [0.1, 0.15) is 19.3 Å². The number of esters is 2. The molecule has 7 nitrogen and oxygen atoms in total. The molecular formula is C25H13F34LiO7S. The molecule has 0 aliphatic heterocycles. The summed E-state index contributed by atoms with van der Waals surface area (Å²) in [5.74, 6) is -129. The first kappa shape index (κ1) is 67.5. The quantitative estimate of drug-likeness (QED) is 0.0175. The van der Waals surface area contributed by atoms with Gasteiger partial charge in [-0.25, -0.2) is 0 Å². The summed E-state index contributed by atoms with van der Waals surface area (Å²) in [6, 6.07) is 0. The molecular weight excluding hydrogens is 1100 g/mol. The monoisotopic (exact) mass is 1110 g/mol. The second-order valence-electron chi connectivity index (χ2n) is 12.5. The van der Waals surface area contributed by atoms with Gasteiger partial charge in [0.05, 0.1) is 38.4 Å². The molecule has 0 aliphatic carbocycles. The Bertz CT molecular complexity index is 1710. The van der Waals surface area contributed by atoms with Gasteiger partial charge in [0.2, 0.25) is 0 Å². The molecule has 0 amide bonds. The van der Waals surface area contributed by atoms with Crippen molar-refractivity contribution in [1.29, 1.82) is 0 Å². The fraction of sp³-hybridized carbons (Fsp3) is 0.920. The zero-order valence-electron chi connectivity index (χ0n) is 30.9. The molecule has 0 N–H and O–H groups in total. The molecule has 400 valence electrons. The second kappa shape index (κ2) is 20.1. The topological polar surface area (TPSA) is 94.1 Å². The third kappa shape index (κ3) is 10.9. The van der Waals surface area contributed by atoms with Crippen LogP contribution in [0.5, 0.6) is 0 Å². The molecule has 0 rings (SSSR count). The van der Waals surface area contributed by atoms with Crippen LogP contribution in [0.4, 0.5) is 149 Å². The predicted octanol–water partition coefficient (Wildman–Crippen LogP) is 7.75. The van der Waals surface area contributed by atoms with Gasteiger partial charge in [-0.15, -0.1) is 0 Å². The van der Waals surface area contributed by atoms with Crippen molar-refractivity contribution in [2.24, 2.45) is 5.92 Å². The summed E-state index contributed by atoms with van der Waals surface area (Å²) in [5.41, 5.74) is 0. The Morgan fingerprint density at radius 2 is 0.647 bits per heavy atom. The molecule has 68 heavy (non-hydrogen) atoms. The maximum absolute atomic E-state index is 14.1. The van der Waals surface area contributed by atoms with Crippen LogP contribution in [-0.4, -0.2) is 126 Å². The summed E-state index contributed by atoms with van der Waals surface area (Å²) in [6.45, 7) is -5.45. The van der Waals surface area contributed by atoms with Gasteiger partial charge in [0.25, 0.3) is 0 Å². The first-order chi connectivity index (χ1) is 28.9. The van der Waals surface area contributed by atoms with E-state index in [2.05, 4.69) is 18.8 Å². The van der Waals surface area contributed by atoms with Gasteiger partial charge in [-0.2, -0.15) is 154 Å². The van der Waals surface area contributed by atoms with Crippen molar-refractivity contribution in [3.63, 3.8) is 0 Å². The SMILES string of the molecule is O=C(CC(CSOO[O-])C(=O)OCCC(F)(F)C(F)(F)C(F)(F)C(F)(F)C(F)(F)C(F)(F)C(F)(F)C(F)(F)F)OCCC(F)(F)C(F)(F)C(F)(F)C(F)(F)C(F)(F)C(F)(F)C(F)(F)C(F)(F)F.[Li+]. The summed E-state index contributed by atoms with van der Waals surface area (Å²) >= 11 is -0.616. The van der Waals surface area contributed by atoms with E-state index in [4.69, 9.17) is 0 Å². The first-order valence-electron chi connectivity index (χ1n) is 15.3. The van der Waals surface area contributed by atoms with Gasteiger partial charge in [-0.05, 0) is 0 Å². The molecule has 0 bridgehead atoms. The fourth-order valence-corrected chi connectivity index (χ4v) is 4.51. The van der Waals surface area contributed by atoms with Gasteiger partial charge in [-0.1, -0.05) is 0 Å². The van der Waals surface area contributed by atoms with E-state index in [1.807, 2.05) is 0 Å². The zero-order chi connectivity index (χ0) is 54.5. The third-order valence-electron chi connectivity index (χ3n) is 8.01. The van der Waals surface area contributed by atoms with E-state index in [9.17, 15) is 164 Å². The molecule has 0 aromatic carbocycles. The largest absolute Gasteiger partial charge is 1.00 e. The Labute approximate surface area is 365 Å². The fourth-order valence-electron chi connectivity index (χ4n) is 4.00. The molecule has 0 aliphatic rings. The van der Waals surface area contributed by atoms with Crippen molar-refractivity contribution in [1.82, 2.24) is 0 Å². The standard InChI is InChI=1S/C25H14F34O7S.Li/c26-10(27,12(30,31)14(34,35)16(38,39)18(42,43)20(46,47)22(50,51)24(54,55)56)1-3-63-8(60)5-7(6-67-66-65-62)9(61)64-4-2-11(28,29)13(32,33)15(36,37)17(40,41)19(44,45)21(48,49)23(52,53)25(57,58)59;/h7,62H,1-6H2;/q;+1/p-1. The summed E-state index contributed by atoms with van der Waals surface area (Å²) in [5, 5.41) is 12.5. The summed E-state index contributed by atoms with van der Waals surface area (Å²) in [6.07, 6.45) is -25.2. The van der Waals surface area contributed by atoms with Gasteiger partial charge >= 0.3 is 126 Å². The Hall–Kier alpha value is -2.61. The minimum atomic E-state index is -9.04. The number of alkyl halides is 34. The van der Waals surface area contributed by atoms with E-state index < -0.39 is 163 Å². The molecule has 0 aromatic rings. The number of hydrogen-bond donors (Lipinski definition) is 0. The molecule has 0 radical (unpaired) electrons. The minimum Gasteiger partial charge on any atom is -0.691 e. The van der Waals surface area contributed by atoms with E-state index in [0.717, 1.165) is 0 Å². The van der Waals surface area contributed by atoms with Crippen molar-refractivity contribution in [2.45, 2.75) is 115 Å². The Balaban J connectivity index is 0. The minimum absolute atomic E-state index is 0. The molecule has 0 aromatic heterocycles. The van der Waals surface area contributed by atoms with Crippen LogP contribution in [0, 0.1) is 5.92 Å². The van der Waals surface area contributed by atoms with E-state index in [1.165, 1.54) is 0 Å². The summed E-state index contributed by atoms with van der Waals surface area (Å²) in [4.78, 5) is 24.1. The maximum Gasteiger partial charge on any atom is 1.00 e. The number of hydrogen-bond acceptors (Lipinski definition) is 8. The van der Waals surface area contributed by atoms with E-state index in [1.54, 1.807) is 0 Å². The predicted molar refractivity (Wildman–Crippen MR) is 135 cm³/mol. The normalized spacial score (nSPS) is 16.0. The van der Waals surface area contributed by atoms with Crippen molar-refractivity contribution >= 4 is 24.0 Å². The number of halogens is 34. The molecule has 0 fully saturated rings. The molecule has 0 saturated heterocycles. The van der Waals surface area contributed by atoms with Crippen molar-refractivity contribution < 1.29 is 202 Å². The molecule has 0 saturated carbocycles. The Morgan fingerprint density at radius 1 is 0.397 bits per heavy atom. The second-order valence-corrected chi connectivity index (χ2v) is 13.2. The van der Waals surface area contributed by atoms with Crippen LogP contribution in [0.2, 0.25) is 0 Å². The number of carbonyl (C=O) groups excluding carboxylic acids is 2. The zero-order valence-corrected chi connectivity index (χ0v) is 31.8. The van der Waals surface area contributed by atoms with Crippen LogP contribution in [0.15, 0.2) is 0 Å². The van der Waals surface area contributed by atoms with Crippen molar-refractivity contribution in [2.75, 3.05) is 19.0 Å². The van der Waals surface area contributed by atoms with Crippen LogP contribution in [0.3, 0.4) is 0 Å². The van der Waals surface area contributed by atoms with E-state index in [-0.39, 0.29) is 18.9 Å². The van der Waals surface area contributed by atoms with Gasteiger partial charge < -0.3 is 14.7 Å². The number of carbonyl (C=O) groups is 2.